The molecule has 49 valence electrons. The Morgan fingerprint density at radius 3 is 3.30 bits per heavy atom. The molecule has 0 amide bonds. The third-order valence-electron chi connectivity index (χ3n) is 1.37. The fourth-order valence-corrected chi connectivity index (χ4v) is 0.889. The van der Waals surface area contributed by atoms with E-state index < -0.39 is 6.01 Å². The highest BCUT2D eigenvalue weighted by Gasteiger charge is 2.03. The van der Waals surface area contributed by atoms with Crippen molar-refractivity contribution in [3.63, 3.8) is 0 Å². The molecule has 0 bridgehead atoms. The number of fused-ring (bicyclic) bond motifs is 1. The van der Waals surface area contributed by atoms with Crippen LogP contribution in [0.15, 0.2) is 28.9 Å². The SMILES string of the molecule is Fc1cc2[c]ccc-2co1. The largest absolute Gasteiger partial charge is 0.439 e. The maximum absolute atomic E-state index is 12.3. The molecule has 0 saturated heterocycles. The summed E-state index contributed by atoms with van der Waals surface area (Å²) in [6, 6.07) is 7.15. The molecular weight excluding hydrogens is 131 g/mol. The standard InChI is InChI=1S/C8H4FO/c9-8-4-6-2-1-3-7(6)5-10-8/h1,3-5H. The van der Waals surface area contributed by atoms with Crippen LogP contribution in [0.5, 0.6) is 0 Å². The lowest BCUT2D eigenvalue weighted by atomic mass is 10.2. The van der Waals surface area contributed by atoms with Gasteiger partial charge in [0.1, 0.15) is 6.26 Å². The van der Waals surface area contributed by atoms with E-state index >= 15 is 0 Å². The van der Waals surface area contributed by atoms with E-state index in [-0.39, 0.29) is 0 Å². The topological polar surface area (TPSA) is 13.1 Å². The Balaban J connectivity index is 2.75. The second-order valence-electron chi connectivity index (χ2n) is 2.03. The molecule has 10 heavy (non-hydrogen) atoms. The third kappa shape index (κ3) is 0.692. The average molecular weight is 135 g/mol. The molecule has 0 fully saturated rings. The Hall–Kier alpha value is -1.31. The molecule has 1 aliphatic heterocycles. The van der Waals surface area contributed by atoms with E-state index in [2.05, 4.69) is 10.5 Å². The molecule has 2 rings (SSSR count). The normalized spacial score (nSPS) is 10.5. The maximum Gasteiger partial charge on any atom is 0.278 e. The fourth-order valence-electron chi connectivity index (χ4n) is 0.889. The van der Waals surface area contributed by atoms with Crippen LogP contribution in [-0.4, -0.2) is 0 Å². The first kappa shape index (κ1) is 5.47. The predicted octanol–water partition coefficient (Wildman–Crippen LogP) is 2.32. The minimum absolute atomic E-state index is 0.574. The van der Waals surface area contributed by atoms with E-state index in [0.717, 1.165) is 11.1 Å². The molecule has 0 spiro atoms. The van der Waals surface area contributed by atoms with Crippen molar-refractivity contribution < 1.29 is 8.81 Å². The molecular formula is C8H4FO. The molecule has 2 heteroatoms. The van der Waals surface area contributed by atoms with Crippen LogP contribution in [-0.2, 0) is 0 Å². The van der Waals surface area contributed by atoms with Crippen LogP contribution in [0, 0.1) is 12.1 Å². The Labute approximate surface area is 57.4 Å². The van der Waals surface area contributed by atoms with Gasteiger partial charge in [0.25, 0.3) is 6.01 Å². The van der Waals surface area contributed by atoms with Crippen molar-refractivity contribution in [2.24, 2.45) is 0 Å². The van der Waals surface area contributed by atoms with Gasteiger partial charge in [0.05, 0.1) is 0 Å². The van der Waals surface area contributed by atoms with Gasteiger partial charge in [0, 0.05) is 11.6 Å². The molecule has 0 atom stereocenters. The van der Waals surface area contributed by atoms with Crippen LogP contribution in [0.1, 0.15) is 0 Å². The second kappa shape index (κ2) is 1.84. The van der Waals surface area contributed by atoms with Crippen LogP contribution in [0.3, 0.4) is 0 Å². The van der Waals surface area contributed by atoms with Crippen LogP contribution in [0.25, 0.3) is 11.1 Å². The molecule has 1 aliphatic carbocycles. The predicted molar refractivity (Wildman–Crippen MR) is 34.1 cm³/mol. The van der Waals surface area contributed by atoms with Crippen LogP contribution in [0.4, 0.5) is 4.39 Å². The van der Waals surface area contributed by atoms with Crippen LogP contribution < -0.4 is 0 Å². The first-order valence-electron chi connectivity index (χ1n) is 2.91. The monoisotopic (exact) mass is 135 g/mol. The highest BCUT2D eigenvalue weighted by Crippen LogP contribution is 2.22. The summed E-state index contributed by atoms with van der Waals surface area (Å²) in [5.74, 6) is 0. The number of hydrogen-bond acceptors (Lipinski definition) is 1. The number of hydrogen-bond donors (Lipinski definition) is 0. The van der Waals surface area contributed by atoms with Gasteiger partial charge in [-0.05, 0) is 11.6 Å². The first-order chi connectivity index (χ1) is 4.86. The van der Waals surface area contributed by atoms with Crippen molar-refractivity contribution in [2.45, 2.75) is 0 Å². The van der Waals surface area contributed by atoms with Gasteiger partial charge in [-0.25, -0.2) is 0 Å². The van der Waals surface area contributed by atoms with Crippen molar-refractivity contribution in [1.29, 1.82) is 0 Å². The third-order valence-corrected chi connectivity index (χ3v) is 1.37. The van der Waals surface area contributed by atoms with Gasteiger partial charge in [-0.1, -0.05) is 12.1 Å². The zero-order chi connectivity index (χ0) is 6.97. The van der Waals surface area contributed by atoms with E-state index in [4.69, 9.17) is 0 Å². The van der Waals surface area contributed by atoms with Gasteiger partial charge in [-0.15, -0.1) is 0 Å². The minimum atomic E-state index is -0.574. The van der Waals surface area contributed by atoms with Crippen LogP contribution >= 0.6 is 0 Å². The van der Waals surface area contributed by atoms with E-state index in [0.29, 0.717) is 0 Å². The van der Waals surface area contributed by atoms with Crippen molar-refractivity contribution in [3.8, 4) is 11.1 Å². The zero-order valence-corrected chi connectivity index (χ0v) is 5.10. The van der Waals surface area contributed by atoms with Gasteiger partial charge in [0.2, 0.25) is 0 Å². The van der Waals surface area contributed by atoms with Crippen LogP contribution in [0.2, 0.25) is 0 Å². The molecule has 2 aliphatic rings. The summed E-state index contributed by atoms with van der Waals surface area (Å²) in [6.45, 7) is 0. The average Bonchev–Trinajstić information content (AvgIpc) is 2.33. The number of halogens is 1. The smallest absolute Gasteiger partial charge is 0.278 e. The highest BCUT2D eigenvalue weighted by atomic mass is 19.1. The summed E-state index contributed by atoms with van der Waals surface area (Å²) in [5, 5.41) is 0. The lowest BCUT2D eigenvalue weighted by Gasteiger charge is -1.94. The van der Waals surface area contributed by atoms with Crippen molar-refractivity contribution in [1.82, 2.24) is 0 Å². The van der Waals surface area contributed by atoms with Gasteiger partial charge < -0.3 is 4.42 Å². The molecule has 0 N–H and O–H groups in total. The molecule has 0 aromatic heterocycles. The fraction of sp³-hybridized carbons (Fsp3) is 0. The summed E-state index contributed by atoms with van der Waals surface area (Å²) < 4.78 is 16.8. The summed E-state index contributed by atoms with van der Waals surface area (Å²) in [4.78, 5) is 0. The first-order valence-corrected chi connectivity index (χ1v) is 2.91. The van der Waals surface area contributed by atoms with E-state index in [1.54, 1.807) is 6.07 Å². The van der Waals surface area contributed by atoms with Crippen molar-refractivity contribution in [2.75, 3.05) is 0 Å². The zero-order valence-electron chi connectivity index (χ0n) is 5.10. The molecule has 0 saturated carbocycles. The van der Waals surface area contributed by atoms with Gasteiger partial charge >= 0.3 is 0 Å². The van der Waals surface area contributed by atoms with Crippen molar-refractivity contribution >= 4 is 0 Å². The van der Waals surface area contributed by atoms with Gasteiger partial charge in [-0.2, -0.15) is 4.39 Å². The Bertz CT molecular complexity index is 313. The summed E-state index contributed by atoms with van der Waals surface area (Å²) in [7, 11) is 0. The lowest BCUT2D eigenvalue weighted by molar-refractivity contribution is 0.346. The molecule has 1 radical (unpaired) electrons. The molecule has 0 aromatic rings. The van der Waals surface area contributed by atoms with E-state index in [1.165, 1.54) is 12.3 Å². The van der Waals surface area contributed by atoms with E-state index in [9.17, 15) is 4.39 Å². The minimum Gasteiger partial charge on any atom is -0.439 e. The Morgan fingerprint density at radius 2 is 2.40 bits per heavy atom. The Morgan fingerprint density at radius 1 is 1.50 bits per heavy atom. The second-order valence-corrected chi connectivity index (χ2v) is 2.03. The molecule has 0 unspecified atom stereocenters. The molecule has 1 nitrogen and oxygen atoms in total. The lowest BCUT2D eigenvalue weighted by Crippen LogP contribution is -1.75. The highest BCUT2D eigenvalue weighted by molar-refractivity contribution is 5.63. The molecule has 1 heterocycles. The quantitative estimate of drug-likeness (QED) is 0.540. The molecule has 0 aromatic carbocycles. The Kier molecular flexibility index (Phi) is 1.01. The summed E-state index contributed by atoms with van der Waals surface area (Å²) in [5.41, 5.74) is 1.63. The van der Waals surface area contributed by atoms with Gasteiger partial charge in [0.15, 0.2) is 0 Å². The maximum atomic E-state index is 12.3. The van der Waals surface area contributed by atoms with Crippen molar-refractivity contribution in [3.05, 3.63) is 36.5 Å². The number of rotatable bonds is 0. The van der Waals surface area contributed by atoms with Gasteiger partial charge in [-0.3, -0.25) is 0 Å². The van der Waals surface area contributed by atoms with E-state index in [1.807, 2.05) is 6.07 Å². The summed E-state index contributed by atoms with van der Waals surface area (Å²) in [6.07, 6.45) is 1.38. The summed E-state index contributed by atoms with van der Waals surface area (Å²) >= 11 is 0.